The smallest absolute Gasteiger partial charge is 0.333 e. The summed E-state index contributed by atoms with van der Waals surface area (Å²) in [5, 5.41) is 25.4. The van der Waals surface area contributed by atoms with E-state index in [2.05, 4.69) is 0 Å². The number of carbonyl (C=O) groups excluding carboxylic acids is 1. The monoisotopic (exact) mass is 216 g/mol. The second-order valence-corrected chi connectivity index (χ2v) is 2.62. The number of carboxylic acids is 3. The van der Waals surface area contributed by atoms with Crippen LogP contribution in [0.5, 0.6) is 0 Å². The molecule has 0 aliphatic carbocycles. The highest BCUT2D eigenvalue weighted by Crippen LogP contribution is 2.13. The maximum absolute atomic E-state index is 10.8. The van der Waals surface area contributed by atoms with Gasteiger partial charge in [0.15, 0.2) is 0 Å². The van der Waals surface area contributed by atoms with Crippen molar-refractivity contribution in [3.8, 4) is 0 Å². The number of Topliss-reactive ketones (excluding diaryl/α,β-unsaturated/α-hetero) is 1. The predicted molar refractivity (Wildman–Crippen MR) is 45.2 cm³/mol. The molecule has 0 heterocycles. The van der Waals surface area contributed by atoms with Gasteiger partial charge in [0.2, 0.25) is 0 Å². The Morgan fingerprint density at radius 1 is 1.07 bits per heavy atom. The Balaban J connectivity index is 5.40. The van der Waals surface area contributed by atoms with Crippen LogP contribution in [0.3, 0.4) is 0 Å². The van der Waals surface area contributed by atoms with E-state index in [1.807, 2.05) is 0 Å². The lowest BCUT2D eigenvalue weighted by Crippen LogP contribution is -2.28. The normalized spacial score (nSPS) is 13.0. The lowest BCUT2D eigenvalue weighted by molar-refractivity contribution is -0.147. The zero-order valence-electron chi connectivity index (χ0n) is 7.63. The van der Waals surface area contributed by atoms with Gasteiger partial charge in [0.1, 0.15) is 11.7 Å². The molecule has 82 valence electrons. The number of carbonyl (C=O) groups is 4. The molecule has 7 heteroatoms. The van der Waals surface area contributed by atoms with Crippen molar-refractivity contribution in [2.24, 2.45) is 5.92 Å². The molecule has 0 saturated carbocycles. The fourth-order valence-corrected chi connectivity index (χ4v) is 0.927. The number of carboxylic acid groups (broad SMARTS) is 3. The third-order valence-electron chi connectivity index (χ3n) is 1.49. The van der Waals surface area contributed by atoms with Gasteiger partial charge in [-0.3, -0.25) is 9.59 Å². The summed E-state index contributed by atoms with van der Waals surface area (Å²) in [6.45, 7) is 0.872. The number of ketones is 1. The van der Waals surface area contributed by atoms with Crippen molar-refractivity contribution in [3.05, 3.63) is 11.6 Å². The van der Waals surface area contributed by atoms with Crippen LogP contribution in [-0.4, -0.2) is 39.0 Å². The van der Waals surface area contributed by atoms with Crippen molar-refractivity contribution in [2.75, 3.05) is 0 Å². The molecule has 0 aromatic carbocycles. The molecule has 0 aliphatic heterocycles. The Hall–Kier alpha value is -2.18. The number of hydrogen-bond acceptors (Lipinski definition) is 4. The number of hydrogen-bond donors (Lipinski definition) is 3. The summed E-state index contributed by atoms with van der Waals surface area (Å²) >= 11 is 0. The fraction of sp³-hybridized carbons (Fsp3) is 0.250. The molecule has 1 unspecified atom stereocenters. The van der Waals surface area contributed by atoms with Gasteiger partial charge in [-0.25, -0.2) is 9.59 Å². The molecule has 0 aromatic heterocycles. The van der Waals surface area contributed by atoms with Gasteiger partial charge >= 0.3 is 17.9 Å². The van der Waals surface area contributed by atoms with Crippen LogP contribution in [0.25, 0.3) is 0 Å². The number of rotatable bonds is 5. The van der Waals surface area contributed by atoms with Crippen LogP contribution in [0.1, 0.15) is 6.92 Å². The van der Waals surface area contributed by atoms with E-state index in [1.165, 1.54) is 0 Å². The van der Waals surface area contributed by atoms with Gasteiger partial charge < -0.3 is 15.3 Å². The summed E-state index contributed by atoms with van der Waals surface area (Å²) in [6, 6.07) is 0. The average molecular weight is 216 g/mol. The third-order valence-corrected chi connectivity index (χ3v) is 1.49. The third kappa shape index (κ3) is 3.59. The molecular weight excluding hydrogens is 208 g/mol. The first-order valence-electron chi connectivity index (χ1n) is 3.68. The molecule has 3 N–H and O–H groups in total. The molecule has 0 radical (unpaired) electrons. The minimum Gasteiger partial charge on any atom is -0.480 e. The molecule has 0 spiro atoms. The molecule has 0 saturated heterocycles. The summed E-state index contributed by atoms with van der Waals surface area (Å²) < 4.78 is 0. The van der Waals surface area contributed by atoms with E-state index in [0.717, 1.165) is 6.92 Å². The van der Waals surface area contributed by atoms with Crippen molar-refractivity contribution in [1.82, 2.24) is 0 Å². The van der Waals surface area contributed by atoms with Crippen molar-refractivity contribution in [3.63, 3.8) is 0 Å². The summed E-state index contributed by atoms with van der Waals surface area (Å²) in [5.74, 6) is -7.98. The van der Waals surface area contributed by atoms with Crippen molar-refractivity contribution in [1.29, 1.82) is 0 Å². The second kappa shape index (κ2) is 4.89. The summed E-state index contributed by atoms with van der Waals surface area (Å²) in [5.41, 5.74) is -0.970. The lowest BCUT2D eigenvalue weighted by Gasteiger charge is -2.08. The van der Waals surface area contributed by atoms with Gasteiger partial charge in [0.05, 0.1) is 5.57 Å². The minimum absolute atomic E-state index is 0.197. The molecular formula is C8H8O7. The summed E-state index contributed by atoms with van der Waals surface area (Å²) in [6.07, 6.45) is 0.197. The fourth-order valence-electron chi connectivity index (χ4n) is 0.927. The van der Waals surface area contributed by atoms with Gasteiger partial charge in [-0.05, 0) is 6.92 Å². The Morgan fingerprint density at radius 2 is 1.53 bits per heavy atom. The molecule has 0 fully saturated rings. The van der Waals surface area contributed by atoms with E-state index in [0.29, 0.717) is 0 Å². The quantitative estimate of drug-likeness (QED) is 0.412. The van der Waals surface area contributed by atoms with E-state index in [1.54, 1.807) is 0 Å². The Bertz CT molecular complexity index is 338. The second-order valence-electron chi connectivity index (χ2n) is 2.62. The van der Waals surface area contributed by atoms with Gasteiger partial charge in [0, 0.05) is 6.08 Å². The molecule has 1 atom stereocenters. The van der Waals surface area contributed by atoms with Crippen LogP contribution in [-0.2, 0) is 19.2 Å². The molecule has 15 heavy (non-hydrogen) atoms. The lowest BCUT2D eigenvalue weighted by atomic mass is 9.95. The average Bonchev–Trinajstić information content (AvgIpc) is 2.00. The van der Waals surface area contributed by atoms with Crippen LogP contribution < -0.4 is 0 Å². The first-order chi connectivity index (χ1) is 6.77. The van der Waals surface area contributed by atoms with Crippen LogP contribution in [0.4, 0.5) is 0 Å². The Kier molecular flexibility index (Phi) is 4.18. The van der Waals surface area contributed by atoms with Crippen LogP contribution >= 0.6 is 0 Å². The van der Waals surface area contributed by atoms with E-state index >= 15 is 0 Å². The number of aliphatic carboxylic acids is 3. The Morgan fingerprint density at radius 3 is 1.73 bits per heavy atom. The maximum Gasteiger partial charge on any atom is 0.333 e. The highest BCUT2D eigenvalue weighted by molar-refractivity contribution is 6.10. The Labute approximate surface area is 83.6 Å². The standard InChI is InChI=1S/C8H8O7/c1-3(9)6(8(14)15)4(7(12)13)2-5(10)11/h2,6H,1H3,(H,10,11)(H,12,13)(H,14,15)/b4-2+. The summed E-state index contributed by atoms with van der Waals surface area (Å²) in [7, 11) is 0. The molecule has 0 bridgehead atoms. The largest absolute Gasteiger partial charge is 0.480 e. The molecule has 0 rings (SSSR count). The van der Waals surface area contributed by atoms with Gasteiger partial charge in [-0.15, -0.1) is 0 Å². The van der Waals surface area contributed by atoms with E-state index in [-0.39, 0.29) is 6.08 Å². The van der Waals surface area contributed by atoms with E-state index in [4.69, 9.17) is 15.3 Å². The zero-order chi connectivity index (χ0) is 12.2. The predicted octanol–water partition coefficient (Wildman–Crippen LogP) is -0.628. The van der Waals surface area contributed by atoms with Crippen LogP contribution in [0, 0.1) is 5.92 Å². The highest BCUT2D eigenvalue weighted by atomic mass is 16.4. The maximum atomic E-state index is 10.8. The van der Waals surface area contributed by atoms with Crippen molar-refractivity contribution >= 4 is 23.7 Å². The van der Waals surface area contributed by atoms with Crippen molar-refractivity contribution < 1.29 is 34.5 Å². The van der Waals surface area contributed by atoms with Crippen molar-refractivity contribution in [2.45, 2.75) is 6.92 Å². The van der Waals surface area contributed by atoms with Crippen LogP contribution in [0.2, 0.25) is 0 Å². The molecule has 7 nitrogen and oxygen atoms in total. The van der Waals surface area contributed by atoms with Gasteiger partial charge in [-0.2, -0.15) is 0 Å². The molecule has 0 aliphatic rings. The molecule has 0 amide bonds. The highest BCUT2D eigenvalue weighted by Gasteiger charge is 2.32. The van der Waals surface area contributed by atoms with Gasteiger partial charge in [0.25, 0.3) is 0 Å². The molecule has 0 aromatic rings. The van der Waals surface area contributed by atoms with E-state index in [9.17, 15) is 19.2 Å². The minimum atomic E-state index is -1.96. The first kappa shape index (κ1) is 12.8. The summed E-state index contributed by atoms with van der Waals surface area (Å²) in [4.78, 5) is 42.1. The van der Waals surface area contributed by atoms with Crippen LogP contribution in [0.15, 0.2) is 11.6 Å². The first-order valence-corrected chi connectivity index (χ1v) is 3.68. The van der Waals surface area contributed by atoms with E-state index < -0.39 is 35.2 Å². The SMILES string of the molecule is CC(=O)C(C(=O)O)/C(=C\C(=O)O)C(=O)O. The zero-order valence-corrected chi connectivity index (χ0v) is 7.63. The topological polar surface area (TPSA) is 129 Å². The van der Waals surface area contributed by atoms with Gasteiger partial charge in [-0.1, -0.05) is 0 Å².